The summed E-state index contributed by atoms with van der Waals surface area (Å²) >= 11 is 0. The van der Waals surface area contributed by atoms with Crippen LogP contribution in [0.4, 0.5) is 11.4 Å². The third-order valence-corrected chi connectivity index (χ3v) is 10.7. The predicted molar refractivity (Wildman–Crippen MR) is 257 cm³/mol. The summed E-state index contributed by atoms with van der Waals surface area (Å²) in [6, 6.07) is 17.9. The standard InChI is InChI=1S/C48H66N8O13/c49-11-17-61-23-29-67-31-25-63-19-13-51-41-9-7-39-43-35(41)3-1-5-37(43)45(57)55(47(39)59)53-15-21-65-27-33-69-34-28-66-22-16-54-56-46(58)38-6-2-4-36-42(10-8-40(44(36)38)48(56)60)52-14-20-64-26-32-68-30-24-62-18-12-50/h1-10,51-54H,11-34,49-50H2. The summed E-state index contributed by atoms with van der Waals surface area (Å²) in [6.07, 6.45) is 0. The predicted octanol–water partition coefficient (Wildman–Crippen LogP) is 1.79. The number of imide groups is 2. The number of carbonyl (C=O) groups is 4. The molecule has 376 valence electrons. The number of hydrogen-bond acceptors (Lipinski definition) is 19. The van der Waals surface area contributed by atoms with E-state index in [4.69, 9.17) is 54.1 Å². The number of nitrogens with zero attached hydrogens (tertiary/aromatic N) is 2. The van der Waals surface area contributed by atoms with Crippen LogP contribution >= 0.6 is 0 Å². The fraction of sp³-hybridized carbons (Fsp3) is 0.500. The zero-order valence-corrected chi connectivity index (χ0v) is 39.1. The molecule has 8 N–H and O–H groups in total. The Bertz CT molecular complexity index is 2070. The molecule has 4 amide bonds. The van der Waals surface area contributed by atoms with Gasteiger partial charge in [0.2, 0.25) is 0 Å². The minimum absolute atomic E-state index is 0.216. The summed E-state index contributed by atoms with van der Waals surface area (Å²) in [5.74, 6) is -1.76. The first kappa shape index (κ1) is 53.1. The number of hydrazine groups is 2. The Balaban J connectivity index is 0.804. The van der Waals surface area contributed by atoms with E-state index in [0.717, 1.165) is 32.2 Å². The number of anilines is 2. The van der Waals surface area contributed by atoms with Gasteiger partial charge in [-0.05, 0) is 36.4 Å². The Morgan fingerprint density at radius 2 is 0.638 bits per heavy atom. The molecule has 0 atom stereocenters. The summed E-state index contributed by atoms with van der Waals surface area (Å²) in [7, 11) is 0. The molecule has 0 aromatic heterocycles. The zero-order valence-electron chi connectivity index (χ0n) is 39.1. The molecule has 0 radical (unpaired) electrons. The van der Waals surface area contributed by atoms with Crippen LogP contribution in [0.15, 0.2) is 60.7 Å². The van der Waals surface area contributed by atoms with Crippen molar-refractivity contribution < 1.29 is 61.8 Å². The largest absolute Gasteiger partial charge is 0.382 e. The number of benzene rings is 4. The van der Waals surface area contributed by atoms with Crippen LogP contribution < -0.4 is 33.0 Å². The van der Waals surface area contributed by atoms with Crippen LogP contribution in [0.25, 0.3) is 21.5 Å². The lowest BCUT2D eigenvalue weighted by Gasteiger charge is -2.28. The molecule has 0 spiro atoms. The first-order valence-electron chi connectivity index (χ1n) is 23.4. The van der Waals surface area contributed by atoms with E-state index < -0.39 is 23.6 Å². The van der Waals surface area contributed by atoms with Crippen molar-refractivity contribution in [1.29, 1.82) is 0 Å². The topological polar surface area (TPSA) is 258 Å². The van der Waals surface area contributed by atoms with Gasteiger partial charge in [0.15, 0.2) is 0 Å². The van der Waals surface area contributed by atoms with Gasteiger partial charge in [0.1, 0.15) is 0 Å². The Kier molecular flexibility index (Phi) is 22.9. The van der Waals surface area contributed by atoms with Crippen molar-refractivity contribution in [2.24, 2.45) is 11.5 Å². The molecule has 21 heteroatoms. The normalized spacial score (nSPS) is 13.4. The van der Waals surface area contributed by atoms with Gasteiger partial charge in [0.25, 0.3) is 23.6 Å². The minimum Gasteiger partial charge on any atom is -0.382 e. The Labute approximate surface area is 401 Å². The van der Waals surface area contributed by atoms with Crippen molar-refractivity contribution in [3.8, 4) is 0 Å². The van der Waals surface area contributed by atoms with E-state index in [1.54, 1.807) is 36.4 Å². The second kappa shape index (κ2) is 29.7. The lowest BCUT2D eigenvalue weighted by atomic mass is 9.93. The van der Waals surface area contributed by atoms with Gasteiger partial charge in [-0.1, -0.05) is 24.3 Å². The highest BCUT2D eigenvalue weighted by molar-refractivity contribution is 6.27. The molecule has 2 aliphatic rings. The Morgan fingerprint density at radius 3 is 0.971 bits per heavy atom. The number of amides is 4. The van der Waals surface area contributed by atoms with Crippen LogP contribution in [-0.2, 0) is 42.6 Å². The summed E-state index contributed by atoms with van der Waals surface area (Å²) in [6.45, 7) is 9.76. The quantitative estimate of drug-likeness (QED) is 0.0276. The summed E-state index contributed by atoms with van der Waals surface area (Å²) in [5, 5.41) is 11.5. The molecule has 4 aromatic rings. The number of hydrogen-bond donors (Lipinski definition) is 6. The van der Waals surface area contributed by atoms with Crippen LogP contribution in [0.1, 0.15) is 41.4 Å². The van der Waals surface area contributed by atoms with E-state index in [2.05, 4.69) is 21.5 Å². The van der Waals surface area contributed by atoms with E-state index in [1.165, 1.54) is 0 Å². The van der Waals surface area contributed by atoms with Crippen molar-refractivity contribution in [2.45, 2.75) is 0 Å². The van der Waals surface area contributed by atoms with Crippen molar-refractivity contribution in [3.05, 3.63) is 82.9 Å². The summed E-state index contributed by atoms with van der Waals surface area (Å²) < 4.78 is 49.7. The molecular weight excluding hydrogens is 897 g/mol. The average Bonchev–Trinajstić information content (AvgIpc) is 3.36. The van der Waals surface area contributed by atoms with Crippen molar-refractivity contribution in [1.82, 2.24) is 20.9 Å². The molecule has 21 nitrogen and oxygen atoms in total. The van der Waals surface area contributed by atoms with Gasteiger partial charge in [0, 0.05) is 72.2 Å². The summed E-state index contributed by atoms with van der Waals surface area (Å²) in [5.41, 5.74) is 19.9. The van der Waals surface area contributed by atoms with Gasteiger partial charge in [-0.3, -0.25) is 19.2 Å². The molecule has 0 saturated heterocycles. The minimum atomic E-state index is -0.441. The van der Waals surface area contributed by atoms with Gasteiger partial charge in [0.05, 0.1) is 141 Å². The monoisotopic (exact) mass is 962 g/mol. The van der Waals surface area contributed by atoms with Crippen molar-refractivity contribution in [3.63, 3.8) is 0 Å². The zero-order chi connectivity index (χ0) is 48.5. The molecule has 2 aliphatic heterocycles. The molecule has 4 aromatic carbocycles. The number of nitrogens with two attached hydrogens (primary N) is 2. The number of ether oxygens (including phenoxy) is 9. The van der Waals surface area contributed by atoms with E-state index in [1.807, 2.05) is 24.3 Å². The highest BCUT2D eigenvalue weighted by Gasteiger charge is 2.35. The number of nitrogens with one attached hydrogen (secondary N) is 4. The lowest BCUT2D eigenvalue weighted by Crippen LogP contribution is -2.50. The maximum Gasteiger partial charge on any atom is 0.275 e. The van der Waals surface area contributed by atoms with E-state index in [0.29, 0.717) is 152 Å². The molecule has 0 saturated carbocycles. The van der Waals surface area contributed by atoms with Gasteiger partial charge < -0.3 is 64.7 Å². The van der Waals surface area contributed by atoms with Crippen molar-refractivity contribution >= 4 is 56.5 Å². The maximum absolute atomic E-state index is 13.5. The SMILES string of the molecule is NCCOCCOCCOCCNc1ccc2c3c(cccc13)C(=O)N(NCCOCCOCCOCCNN1C(=O)c3cccc4c(NCCOCCOCCOCCN)ccc(c34)C1=O)C2=O. The average molecular weight is 963 g/mol. The van der Waals surface area contributed by atoms with E-state index in [9.17, 15) is 19.2 Å². The van der Waals surface area contributed by atoms with Gasteiger partial charge in [-0.2, -0.15) is 0 Å². The number of rotatable bonds is 38. The lowest BCUT2D eigenvalue weighted by molar-refractivity contribution is 0.0109. The Morgan fingerprint density at radius 1 is 0.348 bits per heavy atom. The highest BCUT2D eigenvalue weighted by Crippen LogP contribution is 2.35. The molecule has 6 rings (SSSR count). The highest BCUT2D eigenvalue weighted by atomic mass is 16.6. The van der Waals surface area contributed by atoms with E-state index >= 15 is 0 Å². The van der Waals surface area contributed by atoms with Gasteiger partial charge in [-0.25, -0.2) is 20.9 Å². The fourth-order valence-corrected chi connectivity index (χ4v) is 7.56. The van der Waals surface area contributed by atoms with Crippen molar-refractivity contribution in [2.75, 3.05) is 169 Å². The molecule has 0 fully saturated rings. The fourth-order valence-electron chi connectivity index (χ4n) is 7.56. The van der Waals surface area contributed by atoms with E-state index in [-0.39, 0.29) is 39.5 Å². The van der Waals surface area contributed by atoms with Gasteiger partial charge in [-0.15, -0.1) is 0 Å². The smallest absolute Gasteiger partial charge is 0.275 e. The van der Waals surface area contributed by atoms with Crippen LogP contribution in [-0.4, -0.2) is 192 Å². The molecule has 0 unspecified atom stereocenters. The maximum atomic E-state index is 13.5. The molecular formula is C48H66N8O13. The van der Waals surface area contributed by atoms with Crippen LogP contribution in [0.5, 0.6) is 0 Å². The van der Waals surface area contributed by atoms with Gasteiger partial charge >= 0.3 is 0 Å². The Hall–Kier alpha value is -5.24. The second-order valence-corrected chi connectivity index (χ2v) is 15.4. The van der Waals surface area contributed by atoms with Crippen LogP contribution in [0, 0.1) is 0 Å². The van der Waals surface area contributed by atoms with Crippen LogP contribution in [0.2, 0.25) is 0 Å². The first-order chi connectivity index (χ1) is 34.0. The molecule has 0 bridgehead atoms. The third kappa shape index (κ3) is 15.4. The molecule has 69 heavy (non-hydrogen) atoms. The second-order valence-electron chi connectivity index (χ2n) is 15.4. The molecule has 2 heterocycles. The summed E-state index contributed by atoms with van der Waals surface area (Å²) in [4.78, 5) is 53.8. The number of carbonyl (C=O) groups excluding carboxylic acids is 4. The molecule has 0 aliphatic carbocycles. The van der Waals surface area contributed by atoms with Crippen LogP contribution in [0.3, 0.4) is 0 Å². The first-order valence-corrected chi connectivity index (χ1v) is 23.4. The third-order valence-electron chi connectivity index (χ3n) is 10.7.